The molecule has 3 rings (SSSR count). The molecule has 0 saturated heterocycles. The molecule has 0 aliphatic carbocycles. The van der Waals surface area contributed by atoms with Crippen molar-refractivity contribution in [2.45, 2.75) is 33.1 Å². The van der Waals surface area contributed by atoms with E-state index in [2.05, 4.69) is 37.9 Å². The molecule has 0 radical (unpaired) electrons. The van der Waals surface area contributed by atoms with Crippen molar-refractivity contribution in [3.05, 3.63) is 47.9 Å². The summed E-state index contributed by atoms with van der Waals surface area (Å²) in [5.41, 5.74) is 2.20. The summed E-state index contributed by atoms with van der Waals surface area (Å²) in [6.45, 7) is 8.60. The maximum absolute atomic E-state index is 12.0. The molecular weight excluding hydrogens is 276 g/mol. The highest BCUT2D eigenvalue weighted by Crippen LogP contribution is 2.29. The first-order chi connectivity index (χ1) is 10.4. The molecule has 4 nitrogen and oxygen atoms in total. The maximum atomic E-state index is 12.0. The summed E-state index contributed by atoms with van der Waals surface area (Å²) in [5, 5.41) is 2.16. The van der Waals surface area contributed by atoms with E-state index in [1.54, 1.807) is 13.1 Å². The predicted molar refractivity (Wildman–Crippen MR) is 87.4 cm³/mol. The second kappa shape index (κ2) is 5.13. The lowest BCUT2D eigenvalue weighted by Gasteiger charge is -2.21. The number of benzene rings is 1. The van der Waals surface area contributed by atoms with Crippen LogP contribution in [0.15, 0.2) is 36.5 Å². The highest BCUT2D eigenvalue weighted by atomic mass is 16.5. The van der Waals surface area contributed by atoms with Crippen LogP contribution in [0.2, 0.25) is 0 Å². The van der Waals surface area contributed by atoms with Gasteiger partial charge in [-0.25, -0.2) is 9.78 Å². The molecule has 0 spiro atoms. The lowest BCUT2D eigenvalue weighted by molar-refractivity contribution is 0.0520. The van der Waals surface area contributed by atoms with Gasteiger partial charge in [-0.05, 0) is 18.4 Å². The lowest BCUT2D eigenvalue weighted by atomic mass is 9.90. The number of pyridine rings is 1. The number of hydrogen-bond donors (Lipinski definition) is 0. The van der Waals surface area contributed by atoms with Crippen LogP contribution < -0.4 is 0 Å². The molecule has 0 N–H and O–H groups in total. The molecule has 0 atom stereocenters. The number of fused-ring (bicyclic) bond motifs is 3. The number of esters is 1. The number of ether oxygens (including phenoxy) is 1. The Bertz CT molecular complexity index is 857. The molecule has 1 aromatic carbocycles. The molecule has 0 fully saturated rings. The van der Waals surface area contributed by atoms with Crippen molar-refractivity contribution < 1.29 is 9.53 Å². The fourth-order valence-corrected chi connectivity index (χ4v) is 2.68. The van der Waals surface area contributed by atoms with Gasteiger partial charge in [-0.1, -0.05) is 45.0 Å². The van der Waals surface area contributed by atoms with Crippen LogP contribution in [-0.4, -0.2) is 22.0 Å². The van der Waals surface area contributed by atoms with E-state index in [9.17, 15) is 4.79 Å². The molecule has 0 unspecified atom stereocenters. The average Bonchev–Trinajstić information content (AvgIpc) is 2.91. The average molecular weight is 296 g/mol. The number of hydrogen-bond acceptors (Lipinski definition) is 3. The number of carbonyl (C=O) groups is 1. The molecular formula is C18H20N2O2. The van der Waals surface area contributed by atoms with Crippen molar-refractivity contribution >= 4 is 22.4 Å². The molecule has 2 heterocycles. The molecule has 0 amide bonds. The minimum Gasteiger partial charge on any atom is -0.461 e. The van der Waals surface area contributed by atoms with Crippen LogP contribution in [0.5, 0.6) is 0 Å². The van der Waals surface area contributed by atoms with E-state index in [0.717, 1.165) is 22.1 Å². The second-order valence-electron chi connectivity index (χ2n) is 6.41. The fourth-order valence-electron chi connectivity index (χ4n) is 2.68. The zero-order chi connectivity index (χ0) is 15.9. The Hall–Kier alpha value is -2.36. The van der Waals surface area contributed by atoms with E-state index >= 15 is 0 Å². The van der Waals surface area contributed by atoms with Gasteiger partial charge in [-0.3, -0.25) is 0 Å². The zero-order valence-corrected chi connectivity index (χ0v) is 13.4. The van der Waals surface area contributed by atoms with Crippen LogP contribution in [0.1, 0.15) is 43.9 Å². The zero-order valence-electron chi connectivity index (χ0n) is 13.4. The summed E-state index contributed by atoms with van der Waals surface area (Å²) in [6, 6.07) is 10.3. The summed E-state index contributed by atoms with van der Waals surface area (Å²) in [7, 11) is 0. The highest BCUT2D eigenvalue weighted by Gasteiger charge is 2.22. The van der Waals surface area contributed by atoms with Gasteiger partial charge in [0.15, 0.2) is 5.69 Å². The minimum absolute atomic E-state index is 0.0606. The molecule has 0 aliphatic rings. The Morgan fingerprint density at radius 1 is 1.27 bits per heavy atom. The van der Waals surface area contributed by atoms with E-state index in [1.165, 1.54) is 0 Å². The molecule has 4 heteroatoms. The van der Waals surface area contributed by atoms with Gasteiger partial charge in [-0.15, -0.1) is 0 Å². The molecule has 0 saturated carbocycles. The number of rotatable bonds is 2. The van der Waals surface area contributed by atoms with E-state index in [0.29, 0.717) is 12.3 Å². The van der Waals surface area contributed by atoms with Crippen LogP contribution in [0, 0.1) is 0 Å². The Balaban J connectivity index is 2.36. The number of carbonyl (C=O) groups excluding carboxylic acids is 1. The second-order valence-corrected chi connectivity index (χ2v) is 6.41. The predicted octanol–water partition coefficient (Wildman–Crippen LogP) is 3.96. The number of aromatic nitrogens is 2. The Kier molecular flexibility index (Phi) is 3.39. The monoisotopic (exact) mass is 296 g/mol. The summed E-state index contributed by atoms with van der Waals surface area (Å²) in [6.07, 6.45) is 1.78. The first-order valence-electron chi connectivity index (χ1n) is 7.50. The Morgan fingerprint density at radius 3 is 2.68 bits per heavy atom. The topological polar surface area (TPSA) is 43.6 Å². The number of imidazole rings is 1. The van der Waals surface area contributed by atoms with Gasteiger partial charge >= 0.3 is 5.97 Å². The minimum atomic E-state index is -0.379. The van der Waals surface area contributed by atoms with Crippen molar-refractivity contribution in [2.75, 3.05) is 6.61 Å². The largest absolute Gasteiger partial charge is 0.461 e. The molecule has 0 aliphatic heterocycles. The standard InChI is InChI=1S/C18H20N2O2/c1-5-22-17(21)14-11-20-15(18(2,3)4)10-12-8-6-7-9-13(12)16(20)19-14/h6-11H,5H2,1-4H3. The van der Waals surface area contributed by atoms with E-state index < -0.39 is 0 Å². The third kappa shape index (κ3) is 2.34. The molecule has 0 bridgehead atoms. The quantitative estimate of drug-likeness (QED) is 0.672. The van der Waals surface area contributed by atoms with Crippen LogP contribution >= 0.6 is 0 Å². The van der Waals surface area contributed by atoms with Crippen LogP contribution in [0.25, 0.3) is 16.4 Å². The first-order valence-corrected chi connectivity index (χ1v) is 7.50. The fraction of sp³-hybridized carbons (Fsp3) is 0.333. The maximum Gasteiger partial charge on any atom is 0.358 e. The molecule has 3 aromatic rings. The van der Waals surface area contributed by atoms with Gasteiger partial charge in [0.25, 0.3) is 0 Å². The third-order valence-electron chi connectivity index (χ3n) is 3.71. The number of nitrogens with zero attached hydrogens (tertiary/aromatic N) is 2. The summed E-state index contributed by atoms with van der Waals surface area (Å²) >= 11 is 0. The van der Waals surface area contributed by atoms with E-state index in [4.69, 9.17) is 4.74 Å². The Labute approximate surface area is 129 Å². The van der Waals surface area contributed by atoms with Gasteiger partial charge in [-0.2, -0.15) is 0 Å². The molecule has 22 heavy (non-hydrogen) atoms. The van der Waals surface area contributed by atoms with Crippen molar-refractivity contribution in [2.24, 2.45) is 0 Å². The third-order valence-corrected chi connectivity index (χ3v) is 3.71. The first kappa shape index (κ1) is 14.6. The van der Waals surface area contributed by atoms with Crippen LogP contribution in [0.4, 0.5) is 0 Å². The van der Waals surface area contributed by atoms with Crippen molar-refractivity contribution in [3.63, 3.8) is 0 Å². The van der Waals surface area contributed by atoms with E-state index in [-0.39, 0.29) is 11.4 Å². The highest BCUT2D eigenvalue weighted by molar-refractivity contribution is 5.97. The summed E-state index contributed by atoms with van der Waals surface area (Å²) < 4.78 is 7.09. The molecule has 2 aromatic heterocycles. The lowest BCUT2D eigenvalue weighted by Crippen LogP contribution is -2.16. The smallest absolute Gasteiger partial charge is 0.358 e. The van der Waals surface area contributed by atoms with Gasteiger partial charge in [0.05, 0.1) is 6.61 Å². The van der Waals surface area contributed by atoms with Gasteiger partial charge < -0.3 is 9.14 Å². The van der Waals surface area contributed by atoms with Crippen molar-refractivity contribution in [1.29, 1.82) is 0 Å². The molecule has 114 valence electrons. The Morgan fingerprint density at radius 2 is 2.00 bits per heavy atom. The van der Waals surface area contributed by atoms with Gasteiger partial charge in [0.1, 0.15) is 5.65 Å². The van der Waals surface area contributed by atoms with Crippen molar-refractivity contribution in [1.82, 2.24) is 9.38 Å². The van der Waals surface area contributed by atoms with Gasteiger partial charge in [0, 0.05) is 22.7 Å². The SMILES string of the molecule is CCOC(=O)c1cn2c(C(C)(C)C)cc3ccccc3c2n1. The van der Waals surface area contributed by atoms with Crippen LogP contribution in [0.3, 0.4) is 0 Å². The summed E-state index contributed by atoms with van der Waals surface area (Å²) in [5.74, 6) is -0.379. The summed E-state index contributed by atoms with van der Waals surface area (Å²) in [4.78, 5) is 16.5. The van der Waals surface area contributed by atoms with Crippen molar-refractivity contribution in [3.8, 4) is 0 Å². The van der Waals surface area contributed by atoms with Crippen LogP contribution in [-0.2, 0) is 10.2 Å². The van der Waals surface area contributed by atoms with E-state index in [1.807, 2.05) is 22.6 Å². The van der Waals surface area contributed by atoms with Gasteiger partial charge in [0.2, 0.25) is 0 Å². The normalized spacial score (nSPS) is 12.0.